The van der Waals surface area contributed by atoms with Gasteiger partial charge in [0.2, 0.25) is 11.8 Å². The van der Waals surface area contributed by atoms with E-state index in [1.54, 1.807) is 0 Å². The molecule has 0 spiro atoms. The van der Waals surface area contributed by atoms with Gasteiger partial charge in [0.1, 0.15) is 0 Å². The van der Waals surface area contributed by atoms with Gasteiger partial charge in [-0.3, -0.25) is 9.59 Å². The van der Waals surface area contributed by atoms with E-state index in [0.29, 0.717) is 19.4 Å². The first kappa shape index (κ1) is 13.0. The summed E-state index contributed by atoms with van der Waals surface area (Å²) in [6.07, 6.45) is 6.41. The van der Waals surface area contributed by atoms with Gasteiger partial charge in [0.25, 0.3) is 0 Å². The van der Waals surface area contributed by atoms with Crippen LogP contribution in [0.1, 0.15) is 51.9 Å². The zero-order valence-electron chi connectivity index (χ0n) is 10.1. The van der Waals surface area contributed by atoms with Crippen LogP contribution in [0.3, 0.4) is 0 Å². The van der Waals surface area contributed by atoms with E-state index < -0.39 is 0 Å². The first-order valence-corrected chi connectivity index (χ1v) is 6.28. The smallest absolute Gasteiger partial charge is 0.220 e. The Labute approximate surface area is 97.2 Å². The first-order chi connectivity index (χ1) is 7.72. The lowest BCUT2D eigenvalue weighted by atomic mass is 10.1. The second-order valence-corrected chi connectivity index (χ2v) is 4.42. The van der Waals surface area contributed by atoms with Crippen LogP contribution in [0.5, 0.6) is 0 Å². The van der Waals surface area contributed by atoms with Crippen molar-refractivity contribution in [3.05, 3.63) is 0 Å². The Morgan fingerprint density at radius 1 is 1.44 bits per heavy atom. The third-order valence-electron chi connectivity index (χ3n) is 2.89. The summed E-state index contributed by atoms with van der Waals surface area (Å²) < 4.78 is 0. The Hall–Kier alpha value is -1.06. The summed E-state index contributed by atoms with van der Waals surface area (Å²) in [6.45, 7) is 2.74. The van der Waals surface area contributed by atoms with Crippen LogP contribution in [0.2, 0.25) is 0 Å². The molecule has 1 heterocycles. The van der Waals surface area contributed by atoms with Gasteiger partial charge in [-0.1, -0.05) is 26.2 Å². The molecular formula is C12H22N2O2. The van der Waals surface area contributed by atoms with Gasteiger partial charge in [-0.2, -0.15) is 0 Å². The van der Waals surface area contributed by atoms with E-state index in [0.717, 1.165) is 19.3 Å². The second kappa shape index (κ2) is 7.25. The molecule has 0 aromatic heterocycles. The highest BCUT2D eigenvalue weighted by molar-refractivity contribution is 5.78. The molecule has 2 N–H and O–H groups in total. The fourth-order valence-corrected chi connectivity index (χ4v) is 1.87. The summed E-state index contributed by atoms with van der Waals surface area (Å²) >= 11 is 0. The zero-order valence-corrected chi connectivity index (χ0v) is 10.1. The maximum Gasteiger partial charge on any atom is 0.220 e. The second-order valence-electron chi connectivity index (χ2n) is 4.42. The summed E-state index contributed by atoms with van der Waals surface area (Å²) in [7, 11) is 0. The molecule has 92 valence electrons. The van der Waals surface area contributed by atoms with Crippen molar-refractivity contribution in [3.8, 4) is 0 Å². The lowest BCUT2D eigenvalue weighted by molar-refractivity contribution is -0.125. The standard InChI is InChI=1S/C12H22N2O2/c1-2-3-4-5-6-12(16)14-10-7-8-11(15)13-9-10/h10H,2-9H2,1H3,(H,13,15)(H,14,16). The van der Waals surface area contributed by atoms with Crippen LogP contribution < -0.4 is 10.6 Å². The van der Waals surface area contributed by atoms with E-state index in [-0.39, 0.29) is 17.9 Å². The Kier molecular flexibility index (Phi) is 5.90. The normalized spacial score (nSPS) is 20.3. The summed E-state index contributed by atoms with van der Waals surface area (Å²) in [5, 5.41) is 5.72. The molecule has 0 aromatic rings. The van der Waals surface area contributed by atoms with Crippen LogP contribution in [-0.4, -0.2) is 24.4 Å². The van der Waals surface area contributed by atoms with E-state index in [9.17, 15) is 9.59 Å². The van der Waals surface area contributed by atoms with Gasteiger partial charge in [0.05, 0.1) is 0 Å². The lowest BCUT2D eigenvalue weighted by Gasteiger charge is -2.23. The number of amides is 2. The topological polar surface area (TPSA) is 58.2 Å². The van der Waals surface area contributed by atoms with Crippen molar-refractivity contribution in [2.24, 2.45) is 0 Å². The molecule has 4 nitrogen and oxygen atoms in total. The van der Waals surface area contributed by atoms with Gasteiger partial charge in [-0.25, -0.2) is 0 Å². The maximum absolute atomic E-state index is 11.5. The predicted molar refractivity (Wildman–Crippen MR) is 62.9 cm³/mol. The van der Waals surface area contributed by atoms with E-state index in [2.05, 4.69) is 17.6 Å². The average molecular weight is 226 g/mol. The van der Waals surface area contributed by atoms with E-state index in [1.807, 2.05) is 0 Å². The molecule has 1 aliphatic heterocycles. The maximum atomic E-state index is 11.5. The van der Waals surface area contributed by atoms with Crippen LogP contribution in [0.15, 0.2) is 0 Å². The third-order valence-corrected chi connectivity index (χ3v) is 2.89. The number of nitrogens with one attached hydrogen (secondary N) is 2. The molecule has 0 radical (unpaired) electrons. The molecule has 0 saturated carbocycles. The molecule has 16 heavy (non-hydrogen) atoms. The first-order valence-electron chi connectivity index (χ1n) is 6.28. The Morgan fingerprint density at radius 3 is 2.88 bits per heavy atom. The number of unbranched alkanes of at least 4 members (excludes halogenated alkanes) is 3. The van der Waals surface area contributed by atoms with Gasteiger partial charge in [0, 0.05) is 25.4 Å². The lowest BCUT2D eigenvalue weighted by Crippen LogP contribution is -2.47. The van der Waals surface area contributed by atoms with E-state index >= 15 is 0 Å². The van der Waals surface area contributed by atoms with Crippen LogP contribution >= 0.6 is 0 Å². The molecule has 1 atom stereocenters. The summed E-state index contributed by atoms with van der Waals surface area (Å²) in [4.78, 5) is 22.4. The number of carbonyl (C=O) groups excluding carboxylic acids is 2. The molecule has 0 bridgehead atoms. The van der Waals surface area contributed by atoms with E-state index in [1.165, 1.54) is 12.8 Å². The average Bonchev–Trinajstić information content (AvgIpc) is 2.28. The highest BCUT2D eigenvalue weighted by atomic mass is 16.2. The van der Waals surface area contributed by atoms with Crippen LogP contribution in [0, 0.1) is 0 Å². The molecule has 0 aliphatic carbocycles. The van der Waals surface area contributed by atoms with Crippen molar-refractivity contribution in [2.45, 2.75) is 57.9 Å². The Bertz CT molecular complexity index is 231. The highest BCUT2D eigenvalue weighted by Crippen LogP contribution is 2.05. The van der Waals surface area contributed by atoms with E-state index in [4.69, 9.17) is 0 Å². The predicted octanol–water partition coefficient (Wildman–Crippen LogP) is 1.35. The third kappa shape index (κ3) is 5.14. The highest BCUT2D eigenvalue weighted by Gasteiger charge is 2.18. The van der Waals surface area contributed by atoms with Crippen molar-refractivity contribution in [3.63, 3.8) is 0 Å². The molecule has 1 aliphatic rings. The van der Waals surface area contributed by atoms with Crippen molar-refractivity contribution >= 4 is 11.8 Å². The number of hydrogen-bond acceptors (Lipinski definition) is 2. The van der Waals surface area contributed by atoms with Crippen molar-refractivity contribution < 1.29 is 9.59 Å². The summed E-state index contributed by atoms with van der Waals surface area (Å²) in [5.41, 5.74) is 0. The minimum Gasteiger partial charge on any atom is -0.354 e. The monoisotopic (exact) mass is 226 g/mol. The fourth-order valence-electron chi connectivity index (χ4n) is 1.87. The zero-order chi connectivity index (χ0) is 11.8. The van der Waals surface area contributed by atoms with Gasteiger partial charge >= 0.3 is 0 Å². The van der Waals surface area contributed by atoms with Crippen LogP contribution in [-0.2, 0) is 9.59 Å². The van der Waals surface area contributed by atoms with Gasteiger partial charge in [-0.05, 0) is 12.8 Å². The Balaban J connectivity index is 2.07. The molecule has 2 amide bonds. The molecule has 1 saturated heterocycles. The molecule has 1 rings (SSSR count). The molecule has 4 heteroatoms. The molecule has 0 aromatic carbocycles. The number of carbonyl (C=O) groups is 2. The van der Waals surface area contributed by atoms with Gasteiger partial charge in [0.15, 0.2) is 0 Å². The summed E-state index contributed by atoms with van der Waals surface area (Å²) in [5.74, 6) is 0.214. The van der Waals surface area contributed by atoms with Crippen LogP contribution in [0.25, 0.3) is 0 Å². The number of rotatable bonds is 6. The molecule has 1 unspecified atom stereocenters. The quantitative estimate of drug-likeness (QED) is 0.672. The fraction of sp³-hybridized carbons (Fsp3) is 0.833. The van der Waals surface area contributed by atoms with Crippen molar-refractivity contribution in [1.82, 2.24) is 10.6 Å². The molecule has 1 fully saturated rings. The largest absolute Gasteiger partial charge is 0.354 e. The van der Waals surface area contributed by atoms with Crippen molar-refractivity contribution in [1.29, 1.82) is 0 Å². The van der Waals surface area contributed by atoms with Gasteiger partial charge < -0.3 is 10.6 Å². The van der Waals surface area contributed by atoms with Gasteiger partial charge in [-0.15, -0.1) is 0 Å². The number of hydrogen-bond donors (Lipinski definition) is 2. The number of piperidine rings is 1. The summed E-state index contributed by atoms with van der Waals surface area (Å²) in [6, 6.07) is 0.136. The van der Waals surface area contributed by atoms with Crippen molar-refractivity contribution in [2.75, 3.05) is 6.54 Å². The van der Waals surface area contributed by atoms with Crippen LogP contribution in [0.4, 0.5) is 0 Å². The Morgan fingerprint density at radius 2 is 2.25 bits per heavy atom. The SMILES string of the molecule is CCCCCCC(=O)NC1CCC(=O)NC1. The molecular weight excluding hydrogens is 204 g/mol. The minimum absolute atomic E-state index is 0.0912. The minimum atomic E-state index is 0.0912.